The van der Waals surface area contributed by atoms with Crippen molar-refractivity contribution in [3.63, 3.8) is 0 Å². The fraction of sp³-hybridized carbons (Fsp3) is 1.00. The van der Waals surface area contributed by atoms with Gasteiger partial charge in [0.05, 0.1) is 6.54 Å². The summed E-state index contributed by atoms with van der Waals surface area (Å²) in [5.74, 6) is -2.74. The first kappa shape index (κ1) is 13.8. The third-order valence-electron chi connectivity index (χ3n) is 1.89. The molecule has 1 N–H and O–H groups in total. The molecular weight excluding hydrogens is 188 g/mol. The second-order valence-corrected chi connectivity index (χ2v) is 3.50. The lowest BCUT2D eigenvalue weighted by atomic mass is 10.2. The van der Waals surface area contributed by atoms with Gasteiger partial charge in [-0.25, -0.2) is 8.78 Å². The Balaban J connectivity index is 3.26. The second-order valence-electron chi connectivity index (χ2n) is 3.50. The first-order valence-corrected chi connectivity index (χ1v) is 5.22. The SMILES string of the molecule is CCCCCCOCC(F)(F)CNC. The van der Waals surface area contributed by atoms with Gasteiger partial charge in [-0.05, 0) is 13.5 Å². The minimum absolute atomic E-state index is 0.318. The molecule has 0 aromatic carbocycles. The molecule has 0 atom stereocenters. The van der Waals surface area contributed by atoms with E-state index in [0.717, 1.165) is 25.7 Å². The maximum absolute atomic E-state index is 12.8. The van der Waals surface area contributed by atoms with Crippen LogP contribution in [0.4, 0.5) is 8.78 Å². The molecular formula is C10H21F2NO. The van der Waals surface area contributed by atoms with Gasteiger partial charge in [-0.2, -0.15) is 0 Å². The normalized spacial score (nSPS) is 12.0. The van der Waals surface area contributed by atoms with E-state index in [1.807, 2.05) is 0 Å². The van der Waals surface area contributed by atoms with Crippen LogP contribution in [-0.2, 0) is 4.74 Å². The van der Waals surface area contributed by atoms with Gasteiger partial charge in [-0.1, -0.05) is 26.2 Å². The van der Waals surface area contributed by atoms with E-state index < -0.39 is 12.5 Å². The summed E-state index contributed by atoms with van der Waals surface area (Å²) in [7, 11) is 1.51. The van der Waals surface area contributed by atoms with E-state index in [1.54, 1.807) is 0 Å². The molecule has 0 spiro atoms. The number of ether oxygens (including phenoxy) is 1. The summed E-state index contributed by atoms with van der Waals surface area (Å²) in [5, 5.41) is 2.44. The van der Waals surface area contributed by atoms with Gasteiger partial charge in [0.25, 0.3) is 5.92 Å². The molecule has 0 aromatic rings. The van der Waals surface area contributed by atoms with Crippen molar-refractivity contribution in [2.75, 3.05) is 26.8 Å². The zero-order valence-corrected chi connectivity index (χ0v) is 9.11. The van der Waals surface area contributed by atoms with Gasteiger partial charge in [-0.3, -0.25) is 0 Å². The maximum atomic E-state index is 12.8. The summed E-state index contributed by atoms with van der Waals surface area (Å²) in [5.41, 5.74) is 0. The van der Waals surface area contributed by atoms with E-state index in [2.05, 4.69) is 12.2 Å². The van der Waals surface area contributed by atoms with Crippen LogP contribution in [0.5, 0.6) is 0 Å². The molecule has 0 aliphatic heterocycles. The summed E-state index contributed by atoms with van der Waals surface area (Å²) in [6.45, 7) is 1.77. The molecule has 0 radical (unpaired) electrons. The Labute approximate surface area is 85.0 Å². The molecule has 0 aromatic heterocycles. The highest BCUT2D eigenvalue weighted by atomic mass is 19.3. The number of alkyl halides is 2. The molecule has 0 saturated heterocycles. The molecule has 14 heavy (non-hydrogen) atoms. The maximum Gasteiger partial charge on any atom is 0.283 e. The van der Waals surface area contributed by atoms with E-state index in [-0.39, 0.29) is 6.54 Å². The number of unbranched alkanes of at least 4 members (excludes halogenated alkanes) is 3. The predicted molar refractivity (Wildman–Crippen MR) is 53.8 cm³/mol. The molecule has 0 aliphatic rings. The molecule has 0 fully saturated rings. The number of rotatable bonds is 9. The van der Waals surface area contributed by atoms with E-state index in [0.29, 0.717) is 6.61 Å². The average Bonchev–Trinajstić information content (AvgIpc) is 2.11. The zero-order chi connectivity index (χ0) is 10.9. The third kappa shape index (κ3) is 8.38. The molecule has 2 nitrogen and oxygen atoms in total. The van der Waals surface area contributed by atoms with Crippen molar-refractivity contribution in [3.05, 3.63) is 0 Å². The smallest absolute Gasteiger partial charge is 0.283 e. The fourth-order valence-corrected chi connectivity index (χ4v) is 1.16. The average molecular weight is 209 g/mol. The van der Waals surface area contributed by atoms with E-state index >= 15 is 0 Å². The lowest BCUT2D eigenvalue weighted by molar-refractivity contribution is -0.0741. The molecule has 0 unspecified atom stereocenters. The largest absolute Gasteiger partial charge is 0.375 e. The molecule has 0 bridgehead atoms. The predicted octanol–water partition coefficient (Wildman–Crippen LogP) is 2.44. The number of halogens is 2. The Bertz CT molecular complexity index is 131. The van der Waals surface area contributed by atoms with Crippen molar-refractivity contribution in [2.24, 2.45) is 0 Å². The van der Waals surface area contributed by atoms with Crippen molar-refractivity contribution in [1.29, 1.82) is 0 Å². The minimum Gasteiger partial charge on any atom is -0.375 e. The Morgan fingerprint density at radius 2 is 1.93 bits per heavy atom. The van der Waals surface area contributed by atoms with Crippen LogP contribution in [-0.4, -0.2) is 32.7 Å². The van der Waals surface area contributed by atoms with Crippen LogP contribution >= 0.6 is 0 Å². The van der Waals surface area contributed by atoms with Crippen LogP contribution in [0.1, 0.15) is 32.6 Å². The van der Waals surface area contributed by atoms with E-state index in [9.17, 15) is 8.78 Å². The number of hydrogen-bond donors (Lipinski definition) is 1. The lowest BCUT2D eigenvalue weighted by Crippen LogP contribution is -2.35. The summed E-state index contributed by atoms with van der Waals surface area (Å²) in [6, 6.07) is 0. The molecule has 0 heterocycles. The third-order valence-corrected chi connectivity index (χ3v) is 1.89. The zero-order valence-electron chi connectivity index (χ0n) is 9.11. The van der Waals surface area contributed by atoms with Crippen molar-refractivity contribution in [1.82, 2.24) is 5.32 Å². The van der Waals surface area contributed by atoms with E-state index in [1.165, 1.54) is 7.05 Å². The van der Waals surface area contributed by atoms with Gasteiger partial charge in [0.1, 0.15) is 6.61 Å². The van der Waals surface area contributed by atoms with Crippen LogP contribution in [0.25, 0.3) is 0 Å². The molecule has 86 valence electrons. The Kier molecular flexibility index (Phi) is 7.99. The quantitative estimate of drug-likeness (QED) is 0.589. The standard InChI is InChI=1S/C10H21F2NO/c1-3-4-5-6-7-14-9-10(11,12)8-13-2/h13H,3-9H2,1-2H3. The molecule has 0 aliphatic carbocycles. The summed E-state index contributed by atoms with van der Waals surface area (Å²) in [4.78, 5) is 0. The topological polar surface area (TPSA) is 21.3 Å². The monoisotopic (exact) mass is 209 g/mol. The van der Waals surface area contributed by atoms with Crippen molar-refractivity contribution >= 4 is 0 Å². The fourth-order valence-electron chi connectivity index (χ4n) is 1.16. The molecule has 0 rings (SSSR count). The molecule has 0 saturated carbocycles. The van der Waals surface area contributed by atoms with Crippen LogP contribution in [0.2, 0.25) is 0 Å². The summed E-state index contributed by atoms with van der Waals surface area (Å²) in [6.07, 6.45) is 4.24. The van der Waals surface area contributed by atoms with Crippen LogP contribution in [0.15, 0.2) is 0 Å². The van der Waals surface area contributed by atoms with Crippen molar-refractivity contribution in [2.45, 2.75) is 38.5 Å². The van der Waals surface area contributed by atoms with Gasteiger partial charge < -0.3 is 10.1 Å². The Hall–Kier alpha value is -0.220. The van der Waals surface area contributed by atoms with Gasteiger partial charge >= 0.3 is 0 Å². The first-order chi connectivity index (χ1) is 6.62. The van der Waals surface area contributed by atoms with Crippen LogP contribution < -0.4 is 5.32 Å². The molecule has 0 amide bonds. The molecule has 4 heteroatoms. The first-order valence-electron chi connectivity index (χ1n) is 5.22. The summed E-state index contributed by atoms with van der Waals surface area (Å²) < 4.78 is 30.5. The van der Waals surface area contributed by atoms with Gasteiger partial charge in [0.15, 0.2) is 0 Å². The number of nitrogens with one attached hydrogen (secondary N) is 1. The van der Waals surface area contributed by atoms with Gasteiger partial charge in [-0.15, -0.1) is 0 Å². The van der Waals surface area contributed by atoms with Crippen molar-refractivity contribution in [3.8, 4) is 0 Å². The lowest BCUT2D eigenvalue weighted by Gasteiger charge is -2.15. The van der Waals surface area contributed by atoms with Crippen LogP contribution in [0.3, 0.4) is 0 Å². The van der Waals surface area contributed by atoms with Crippen LogP contribution in [0, 0.1) is 0 Å². The van der Waals surface area contributed by atoms with E-state index in [4.69, 9.17) is 4.74 Å². The minimum atomic E-state index is -2.74. The number of hydrogen-bond acceptors (Lipinski definition) is 2. The second kappa shape index (κ2) is 8.12. The van der Waals surface area contributed by atoms with Gasteiger partial charge in [0.2, 0.25) is 0 Å². The Morgan fingerprint density at radius 1 is 1.21 bits per heavy atom. The highest BCUT2D eigenvalue weighted by molar-refractivity contribution is 4.66. The highest BCUT2D eigenvalue weighted by Crippen LogP contribution is 2.12. The Morgan fingerprint density at radius 3 is 2.50 bits per heavy atom. The highest BCUT2D eigenvalue weighted by Gasteiger charge is 2.27. The van der Waals surface area contributed by atoms with Gasteiger partial charge in [0, 0.05) is 6.61 Å². The summed E-state index contributed by atoms with van der Waals surface area (Å²) >= 11 is 0. The van der Waals surface area contributed by atoms with Crippen molar-refractivity contribution < 1.29 is 13.5 Å².